The molecule has 2 aliphatic rings. The maximum Gasteiger partial charge on any atom is 0.246 e. The van der Waals surface area contributed by atoms with Crippen molar-refractivity contribution in [3.05, 3.63) is 42.0 Å². The number of carbonyl (C=O) groups is 1. The molecule has 3 aromatic rings. The molecule has 0 unspecified atom stereocenters. The molecule has 5 rings (SSSR count). The van der Waals surface area contributed by atoms with E-state index in [9.17, 15) is 4.79 Å². The number of benzene rings is 2. The summed E-state index contributed by atoms with van der Waals surface area (Å²) in [6.07, 6.45) is 3.36. The Morgan fingerprint density at radius 3 is 2.50 bits per heavy atom. The van der Waals surface area contributed by atoms with Crippen LogP contribution in [0, 0.1) is 0 Å². The second-order valence-electron chi connectivity index (χ2n) is 7.89. The van der Waals surface area contributed by atoms with E-state index in [2.05, 4.69) is 9.97 Å². The molecular formula is C24H25N5O5. The molecule has 0 aliphatic carbocycles. The van der Waals surface area contributed by atoms with E-state index < -0.39 is 0 Å². The summed E-state index contributed by atoms with van der Waals surface area (Å²) >= 11 is 0. The summed E-state index contributed by atoms with van der Waals surface area (Å²) in [6.45, 7) is 2.53. The van der Waals surface area contributed by atoms with Gasteiger partial charge in [-0.15, -0.1) is 0 Å². The van der Waals surface area contributed by atoms with E-state index in [1.54, 1.807) is 43.4 Å². The van der Waals surface area contributed by atoms with Crippen LogP contribution in [0.3, 0.4) is 0 Å². The summed E-state index contributed by atoms with van der Waals surface area (Å²) in [7, 11) is 3.15. The summed E-state index contributed by atoms with van der Waals surface area (Å²) in [5.41, 5.74) is 7.77. The first kappa shape index (κ1) is 21.6. The molecule has 2 aliphatic heterocycles. The largest absolute Gasteiger partial charge is 0.493 e. The Hall–Kier alpha value is -4.21. The summed E-state index contributed by atoms with van der Waals surface area (Å²) in [5, 5.41) is 0.698. The molecule has 2 aromatic carbocycles. The van der Waals surface area contributed by atoms with Crippen molar-refractivity contribution in [2.24, 2.45) is 0 Å². The van der Waals surface area contributed by atoms with Crippen molar-refractivity contribution >= 4 is 34.7 Å². The molecule has 10 heteroatoms. The number of piperazine rings is 1. The highest BCUT2D eigenvalue weighted by molar-refractivity contribution is 5.93. The molecule has 1 fully saturated rings. The number of methoxy groups -OCH3 is 2. The van der Waals surface area contributed by atoms with Crippen LogP contribution >= 0.6 is 0 Å². The second-order valence-corrected chi connectivity index (χ2v) is 7.89. The van der Waals surface area contributed by atoms with Crippen LogP contribution in [0.1, 0.15) is 5.56 Å². The van der Waals surface area contributed by atoms with Gasteiger partial charge in [0.1, 0.15) is 5.82 Å². The number of rotatable bonds is 5. The molecule has 176 valence electrons. The van der Waals surface area contributed by atoms with Gasteiger partial charge in [0.25, 0.3) is 0 Å². The first-order chi connectivity index (χ1) is 16.6. The molecule has 0 atom stereocenters. The average Bonchev–Trinajstić information content (AvgIpc) is 3.34. The Labute approximate surface area is 196 Å². The lowest BCUT2D eigenvalue weighted by molar-refractivity contribution is -0.126. The van der Waals surface area contributed by atoms with Gasteiger partial charge in [-0.1, -0.05) is 6.07 Å². The third-order valence-corrected chi connectivity index (χ3v) is 5.91. The summed E-state index contributed by atoms with van der Waals surface area (Å²) in [4.78, 5) is 25.7. The summed E-state index contributed by atoms with van der Waals surface area (Å²) < 4.78 is 21.4. The zero-order valence-corrected chi connectivity index (χ0v) is 19.0. The predicted octanol–water partition coefficient (Wildman–Crippen LogP) is 2.32. The van der Waals surface area contributed by atoms with Crippen LogP contribution in [0.5, 0.6) is 23.0 Å². The van der Waals surface area contributed by atoms with E-state index in [0.29, 0.717) is 71.8 Å². The van der Waals surface area contributed by atoms with Crippen LogP contribution in [0.15, 0.2) is 36.4 Å². The number of carbonyl (C=O) groups excluding carboxylic acids is 1. The molecule has 34 heavy (non-hydrogen) atoms. The Bertz CT molecular complexity index is 1270. The fourth-order valence-electron chi connectivity index (χ4n) is 4.02. The summed E-state index contributed by atoms with van der Waals surface area (Å²) in [6, 6.07) is 9.15. The number of anilines is 2. The number of nitrogen functional groups attached to an aromatic ring is 1. The van der Waals surface area contributed by atoms with Gasteiger partial charge >= 0.3 is 0 Å². The van der Waals surface area contributed by atoms with Crippen molar-refractivity contribution in [2.75, 3.05) is 57.8 Å². The van der Waals surface area contributed by atoms with Crippen molar-refractivity contribution in [2.45, 2.75) is 0 Å². The first-order valence-corrected chi connectivity index (χ1v) is 10.9. The van der Waals surface area contributed by atoms with Gasteiger partial charge in [0.05, 0.1) is 19.7 Å². The highest BCUT2D eigenvalue weighted by atomic mass is 16.7. The highest BCUT2D eigenvalue weighted by Crippen LogP contribution is 2.34. The minimum Gasteiger partial charge on any atom is -0.493 e. The van der Waals surface area contributed by atoms with E-state index in [1.165, 1.54) is 0 Å². The molecule has 0 bridgehead atoms. The van der Waals surface area contributed by atoms with Crippen LogP contribution < -0.4 is 29.6 Å². The van der Waals surface area contributed by atoms with Gasteiger partial charge in [-0.25, -0.2) is 4.98 Å². The normalized spacial score (nSPS) is 15.2. The van der Waals surface area contributed by atoms with E-state index in [0.717, 1.165) is 5.56 Å². The molecule has 3 heterocycles. The zero-order valence-electron chi connectivity index (χ0n) is 19.0. The standard InChI is InChI=1S/C24H25N5O5/c1-31-19-12-16-17(13-20(19)32-2)26-24(27-23(16)25)29-9-7-28(8-10-29)22(30)6-4-15-3-5-18-21(11-15)34-14-33-18/h3-6,11-13H,7-10,14H2,1-2H3,(H2,25,26,27). The van der Waals surface area contributed by atoms with E-state index in [-0.39, 0.29) is 12.7 Å². The number of amides is 1. The van der Waals surface area contributed by atoms with Crippen LogP contribution in [0.2, 0.25) is 0 Å². The van der Waals surface area contributed by atoms with Crippen molar-refractivity contribution in [3.8, 4) is 23.0 Å². The summed E-state index contributed by atoms with van der Waals surface area (Å²) in [5.74, 6) is 3.39. The quantitative estimate of drug-likeness (QED) is 0.570. The van der Waals surface area contributed by atoms with Crippen LogP contribution in [0.4, 0.5) is 11.8 Å². The van der Waals surface area contributed by atoms with Gasteiger partial charge in [-0.3, -0.25) is 4.79 Å². The number of nitrogens with zero attached hydrogens (tertiary/aromatic N) is 4. The number of hydrogen-bond acceptors (Lipinski definition) is 9. The first-order valence-electron chi connectivity index (χ1n) is 10.9. The van der Waals surface area contributed by atoms with Crippen LogP contribution in [-0.2, 0) is 4.79 Å². The van der Waals surface area contributed by atoms with Gasteiger partial charge in [0.2, 0.25) is 18.6 Å². The lowest BCUT2D eigenvalue weighted by Crippen LogP contribution is -2.48. The Morgan fingerprint density at radius 2 is 1.74 bits per heavy atom. The predicted molar refractivity (Wildman–Crippen MR) is 127 cm³/mol. The second kappa shape index (κ2) is 8.97. The number of aromatic nitrogens is 2. The molecule has 0 radical (unpaired) electrons. The number of fused-ring (bicyclic) bond motifs is 2. The lowest BCUT2D eigenvalue weighted by Gasteiger charge is -2.34. The SMILES string of the molecule is COc1cc2nc(N3CCN(C(=O)C=Cc4ccc5c(c4)OCO5)CC3)nc(N)c2cc1OC. The van der Waals surface area contributed by atoms with Gasteiger partial charge in [0, 0.05) is 43.7 Å². The smallest absolute Gasteiger partial charge is 0.246 e. The van der Waals surface area contributed by atoms with Gasteiger partial charge in [0.15, 0.2) is 23.0 Å². The van der Waals surface area contributed by atoms with Crippen molar-refractivity contribution < 1.29 is 23.7 Å². The van der Waals surface area contributed by atoms with Crippen molar-refractivity contribution in [3.63, 3.8) is 0 Å². The Balaban J connectivity index is 1.26. The highest BCUT2D eigenvalue weighted by Gasteiger charge is 2.23. The molecule has 2 N–H and O–H groups in total. The molecular weight excluding hydrogens is 438 g/mol. The molecule has 10 nitrogen and oxygen atoms in total. The average molecular weight is 463 g/mol. The van der Waals surface area contributed by atoms with Crippen LogP contribution in [-0.4, -0.2) is 68.0 Å². The number of nitrogens with two attached hydrogens (primary N) is 1. The maximum absolute atomic E-state index is 12.7. The minimum absolute atomic E-state index is 0.0481. The zero-order chi connectivity index (χ0) is 23.7. The Morgan fingerprint density at radius 1 is 1.00 bits per heavy atom. The fourth-order valence-corrected chi connectivity index (χ4v) is 4.02. The number of hydrogen-bond donors (Lipinski definition) is 1. The van der Waals surface area contributed by atoms with E-state index in [4.69, 9.17) is 24.7 Å². The molecule has 1 saturated heterocycles. The Kier molecular flexibility index (Phi) is 5.70. The maximum atomic E-state index is 12.7. The molecule has 0 saturated carbocycles. The topological polar surface area (TPSA) is 112 Å². The van der Waals surface area contributed by atoms with Gasteiger partial charge in [-0.2, -0.15) is 4.98 Å². The monoisotopic (exact) mass is 463 g/mol. The molecule has 1 amide bonds. The fraction of sp³-hybridized carbons (Fsp3) is 0.292. The number of ether oxygens (including phenoxy) is 4. The van der Waals surface area contributed by atoms with E-state index >= 15 is 0 Å². The third kappa shape index (κ3) is 4.09. The van der Waals surface area contributed by atoms with E-state index in [1.807, 2.05) is 23.1 Å². The lowest BCUT2D eigenvalue weighted by atomic mass is 10.2. The van der Waals surface area contributed by atoms with Gasteiger partial charge in [-0.05, 0) is 29.8 Å². The van der Waals surface area contributed by atoms with Crippen molar-refractivity contribution in [1.82, 2.24) is 14.9 Å². The third-order valence-electron chi connectivity index (χ3n) is 5.91. The van der Waals surface area contributed by atoms with Gasteiger partial charge < -0.3 is 34.5 Å². The van der Waals surface area contributed by atoms with Crippen molar-refractivity contribution in [1.29, 1.82) is 0 Å². The minimum atomic E-state index is -0.0481. The molecule has 0 spiro atoms. The molecule has 1 aromatic heterocycles. The van der Waals surface area contributed by atoms with Crippen LogP contribution in [0.25, 0.3) is 17.0 Å².